The lowest BCUT2D eigenvalue weighted by atomic mass is 10.0. The predicted molar refractivity (Wildman–Crippen MR) is 109 cm³/mol. The number of hydrogen-bond acceptors (Lipinski definition) is 2. The summed E-state index contributed by atoms with van der Waals surface area (Å²) in [6.45, 7) is 6.57. The molecule has 0 heterocycles. The van der Waals surface area contributed by atoms with Crippen LogP contribution in [0.2, 0.25) is 5.02 Å². The van der Waals surface area contributed by atoms with Gasteiger partial charge in [-0.25, -0.2) is 0 Å². The van der Waals surface area contributed by atoms with E-state index in [4.69, 9.17) is 11.6 Å². The molecule has 5 heteroatoms. The number of anilines is 1. The number of aryl methyl sites for hydroxylation is 3. The second-order valence-electron chi connectivity index (χ2n) is 7.38. The van der Waals surface area contributed by atoms with Crippen LogP contribution in [0, 0.1) is 32.6 Å². The summed E-state index contributed by atoms with van der Waals surface area (Å²) in [6, 6.07) is 11.7. The number of benzene rings is 2. The van der Waals surface area contributed by atoms with Gasteiger partial charge < -0.3 is 10.6 Å². The molecule has 2 aromatic rings. The van der Waals surface area contributed by atoms with Gasteiger partial charge in [-0.1, -0.05) is 41.4 Å². The van der Waals surface area contributed by atoms with Crippen molar-refractivity contribution >= 4 is 29.1 Å². The molecular weight excluding hydrogens is 360 g/mol. The molecule has 0 spiro atoms. The molecule has 2 N–H and O–H groups in total. The third kappa shape index (κ3) is 4.89. The van der Waals surface area contributed by atoms with Gasteiger partial charge in [-0.3, -0.25) is 9.59 Å². The van der Waals surface area contributed by atoms with E-state index < -0.39 is 0 Å². The highest BCUT2D eigenvalue weighted by Crippen LogP contribution is 2.40. The molecule has 0 aromatic heterocycles. The average molecular weight is 385 g/mol. The molecule has 1 aliphatic rings. The van der Waals surface area contributed by atoms with Crippen molar-refractivity contribution in [1.82, 2.24) is 5.32 Å². The zero-order valence-corrected chi connectivity index (χ0v) is 16.7. The molecule has 0 radical (unpaired) electrons. The minimum atomic E-state index is -0.236. The Kier molecular flexibility index (Phi) is 5.85. The summed E-state index contributed by atoms with van der Waals surface area (Å²) in [5, 5.41) is 6.65. The summed E-state index contributed by atoms with van der Waals surface area (Å²) in [5.74, 6) is -0.564. The molecule has 0 bridgehead atoms. The van der Waals surface area contributed by atoms with Gasteiger partial charge in [-0.05, 0) is 62.4 Å². The maximum atomic E-state index is 12.5. The molecule has 1 fully saturated rings. The molecule has 2 unspecified atom stereocenters. The van der Waals surface area contributed by atoms with Crippen molar-refractivity contribution < 1.29 is 9.59 Å². The Morgan fingerprint density at radius 2 is 1.59 bits per heavy atom. The van der Waals surface area contributed by atoms with E-state index >= 15 is 0 Å². The first-order valence-corrected chi connectivity index (χ1v) is 9.64. The standard InChI is InChI=1S/C22H25ClN2O2/c1-13-10-14(2)20(15(3)11-13)25-22(27)19-12-18(19)21(26)24-9-8-16-4-6-17(23)7-5-16/h4-7,10-11,18-19H,8-9,12H2,1-3H3,(H,24,26)(H,25,27). The Morgan fingerprint density at radius 3 is 2.22 bits per heavy atom. The van der Waals surface area contributed by atoms with Gasteiger partial charge in [-0.2, -0.15) is 0 Å². The van der Waals surface area contributed by atoms with E-state index in [9.17, 15) is 9.59 Å². The van der Waals surface area contributed by atoms with Crippen molar-refractivity contribution in [3.63, 3.8) is 0 Å². The molecule has 3 rings (SSSR count). The zero-order chi connectivity index (χ0) is 19.6. The third-order valence-electron chi connectivity index (χ3n) is 5.02. The molecule has 1 saturated carbocycles. The van der Waals surface area contributed by atoms with Gasteiger partial charge in [0.1, 0.15) is 0 Å². The maximum absolute atomic E-state index is 12.5. The van der Waals surface area contributed by atoms with Gasteiger partial charge in [0.25, 0.3) is 0 Å². The fourth-order valence-electron chi connectivity index (χ4n) is 3.48. The van der Waals surface area contributed by atoms with Gasteiger partial charge in [-0.15, -0.1) is 0 Å². The van der Waals surface area contributed by atoms with E-state index in [0.717, 1.165) is 28.8 Å². The molecule has 142 valence electrons. The zero-order valence-electron chi connectivity index (χ0n) is 15.9. The number of hydrogen-bond donors (Lipinski definition) is 2. The van der Waals surface area contributed by atoms with Crippen molar-refractivity contribution in [2.45, 2.75) is 33.6 Å². The highest BCUT2D eigenvalue weighted by atomic mass is 35.5. The van der Waals surface area contributed by atoms with E-state index in [1.165, 1.54) is 5.56 Å². The molecule has 0 aliphatic heterocycles. The van der Waals surface area contributed by atoms with Gasteiger partial charge in [0.05, 0.1) is 11.8 Å². The van der Waals surface area contributed by atoms with Crippen LogP contribution in [0.3, 0.4) is 0 Å². The molecule has 1 aliphatic carbocycles. The van der Waals surface area contributed by atoms with E-state index in [0.29, 0.717) is 18.0 Å². The predicted octanol–water partition coefficient (Wildman–Crippen LogP) is 4.20. The fraction of sp³-hybridized carbons (Fsp3) is 0.364. The Hall–Kier alpha value is -2.33. The van der Waals surface area contributed by atoms with Crippen LogP contribution >= 0.6 is 11.6 Å². The first-order valence-electron chi connectivity index (χ1n) is 9.26. The quantitative estimate of drug-likeness (QED) is 0.784. The molecule has 2 atom stereocenters. The summed E-state index contributed by atoms with van der Waals surface area (Å²) >= 11 is 5.87. The SMILES string of the molecule is Cc1cc(C)c(NC(=O)C2CC2C(=O)NCCc2ccc(Cl)cc2)c(C)c1. The largest absolute Gasteiger partial charge is 0.356 e. The normalized spacial score (nSPS) is 18.1. The number of halogens is 1. The van der Waals surface area contributed by atoms with Gasteiger partial charge in [0, 0.05) is 17.3 Å². The topological polar surface area (TPSA) is 58.2 Å². The first kappa shape index (κ1) is 19.4. The van der Waals surface area contributed by atoms with E-state index in [-0.39, 0.29) is 23.7 Å². The second-order valence-corrected chi connectivity index (χ2v) is 7.82. The molecule has 27 heavy (non-hydrogen) atoms. The first-order chi connectivity index (χ1) is 12.8. The number of nitrogens with one attached hydrogen (secondary N) is 2. The summed E-state index contributed by atoms with van der Waals surface area (Å²) in [4.78, 5) is 24.8. The van der Waals surface area contributed by atoms with Crippen LogP contribution < -0.4 is 10.6 Å². The summed E-state index contributed by atoms with van der Waals surface area (Å²) in [5.41, 5.74) is 5.25. The molecule has 0 saturated heterocycles. The third-order valence-corrected chi connectivity index (χ3v) is 5.27. The van der Waals surface area contributed by atoms with Crippen LogP contribution in [-0.4, -0.2) is 18.4 Å². The Labute approximate surface area is 165 Å². The molecule has 2 amide bonds. The van der Waals surface area contributed by atoms with Gasteiger partial charge in [0.15, 0.2) is 0 Å². The summed E-state index contributed by atoms with van der Waals surface area (Å²) in [6.07, 6.45) is 1.36. The fourth-order valence-corrected chi connectivity index (χ4v) is 3.61. The second kappa shape index (κ2) is 8.13. The van der Waals surface area contributed by atoms with Crippen LogP contribution in [0.1, 0.15) is 28.7 Å². The van der Waals surface area contributed by atoms with Crippen LogP contribution in [-0.2, 0) is 16.0 Å². The molecular formula is C22H25ClN2O2. The van der Waals surface area contributed by atoms with E-state index in [1.54, 1.807) is 0 Å². The minimum absolute atomic E-state index is 0.0403. The molecule has 4 nitrogen and oxygen atoms in total. The van der Waals surface area contributed by atoms with Crippen LogP contribution in [0.25, 0.3) is 0 Å². The van der Waals surface area contributed by atoms with Crippen molar-refractivity contribution in [2.24, 2.45) is 11.8 Å². The summed E-state index contributed by atoms with van der Waals surface area (Å²) < 4.78 is 0. The average Bonchev–Trinajstić information content (AvgIpc) is 3.40. The minimum Gasteiger partial charge on any atom is -0.356 e. The Bertz CT molecular complexity index is 838. The van der Waals surface area contributed by atoms with E-state index in [1.807, 2.05) is 45.0 Å². The van der Waals surface area contributed by atoms with Gasteiger partial charge in [0.2, 0.25) is 11.8 Å². The highest BCUT2D eigenvalue weighted by molar-refractivity contribution is 6.30. The monoisotopic (exact) mass is 384 g/mol. The molecule has 2 aromatic carbocycles. The van der Waals surface area contributed by atoms with Crippen LogP contribution in [0.5, 0.6) is 0 Å². The highest BCUT2D eigenvalue weighted by Gasteiger charge is 2.48. The number of carbonyl (C=O) groups excluding carboxylic acids is 2. The lowest BCUT2D eigenvalue weighted by Gasteiger charge is -2.13. The van der Waals surface area contributed by atoms with Crippen LogP contribution in [0.4, 0.5) is 5.69 Å². The van der Waals surface area contributed by atoms with Crippen molar-refractivity contribution in [2.75, 3.05) is 11.9 Å². The van der Waals surface area contributed by atoms with Crippen molar-refractivity contribution in [1.29, 1.82) is 0 Å². The smallest absolute Gasteiger partial charge is 0.228 e. The van der Waals surface area contributed by atoms with E-state index in [2.05, 4.69) is 22.8 Å². The van der Waals surface area contributed by atoms with Gasteiger partial charge >= 0.3 is 0 Å². The Balaban J connectivity index is 1.48. The van der Waals surface area contributed by atoms with Crippen LogP contribution in [0.15, 0.2) is 36.4 Å². The lowest BCUT2D eigenvalue weighted by Crippen LogP contribution is -2.29. The number of rotatable bonds is 6. The maximum Gasteiger partial charge on any atom is 0.228 e. The summed E-state index contributed by atoms with van der Waals surface area (Å²) in [7, 11) is 0. The Morgan fingerprint density at radius 1 is 1.00 bits per heavy atom. The van der Waals surface area contributed by atoms with Crippen molar-refractivity contribution in [3.8, 4) is 0 Å². The van der Waals surface area contributed by atoms with Crippen molar-refractivity contribution in [3.05, 3.63) is 63.7 Å². The number of carbonyl (C=O) groups is 2. The number of amides is 2. The lowest BCUT2D eigenvalue weighted by molar-refractivity contribution is -0.125.